The molecule has 0 unspecified atom stereocenters. The highest BCUT2D eigenvalue weighted by atomic mass is 16.6. The molecule has 142 valence electrons. The van der Waals surface area contributed by atoms with Gasteiger partial charge in [-0.25, -0.2) is 0 Å². The summed E-state index contributed by atoms with van der Waals surface area (Å²) in [6.07, 6.45) is 2.85. The molecule has 0 N–H and O–H groups in total. The minimum Gasteiger partial charge on any atom is -0.497 e. The van der Waals surface area contributed by atoms with Crippen molar-refractivity contribution in [2.24, 2.45) is 0 Å². The second-order valence-electron chi connectivity index (χ2n) is 5.58. The van der Waals surface area contributed by atoms with Crippen molar-refractivity contribution in [3.63, 3.8) is 0 Å². The van der Waals surface area contributed by atoms with Gasteiger partial charge in [0.15, 0.2) is 5.82 Å². The molecule has 3 rings (SSSR count). The van der Waals surface area contributed by atoms with Crippen LogP contribution in [-0.4, -0.2) is 39.8 Å². The van der Waals surface area contributed by atoms with Crippen LogP contribution in [0.4, 0.5) is 5.69 Å². The molecule has 0 aliphatic carbocycles. The number of hydrogen-bond donors (Lipinski definition) is 0. The number of nitro benzene ring substituents is 1. The van der Waals surface area contributed by atoms with Crippen LogP contribution in [0.3, 0.4) is 0 Å². The average molecular weight is 380 g/mol. The number of allylic oxidation sites excluding steroid dienone is 1. The molecule has 0 aliphatic rings. The van der Waals surface area contributed by atoms with Gasteiger partial charge in [-0.1, -0.05) is 0 Å². The molecule has 0 saturated carbocycles. The summed E-state index contributed by atoms with van der Waals surface area (Å²) in [4.78, 5) is 27.1. The number of methoxy groups -OCH3 is 2. The Labute approximate surface area is 160 Å². The quantitative estimate of drug-likeness (QED) is 0.367. The number of aromatic nitrogens is 3. The second-order valence-corrected chi connectivity index (χ2v) is 5.58. The molecule has 0 saturated heterocycles. The Kier molecular flexibility index (Phi) is 5.45. The number of nitro groups is 1. The number of ether oxygens (including phenoxy) is 2. The van der Waals surface area contributed by atoms with E-state index in [4.69, 9.17) is 9.47 Å². The van der Waals surface area contributed by atoms with E-state index in [1.165, 1.54) is 31.4 Å². The van der Waals surface area contributed by atoms with E-state index in [0.29, 0.717) is 22.7 Å². The zero-order valence-electron chi connectivity index (χ0n) is 15.1. The molecule has 2 aromatic carbocycles. The highest BCUT2D eigenvalue weighted by Crippen LogP contribution is 2.23. The topological polar surface area (TPSA) is 109 Å². The monoisotopic (exact) mass is 380 g/mol. The SMILES string of the molecule is COc1ccc(-c2nc(OC)nn2C(=O)/C=C/c2ccc([N+](=O)[O-])cc2)cc1. The largest absolute Gasteiger partial charge is 0.497 e. The normalized spacial score (nSPS) is 10.8. The summed E-state index contributed by atoms with van der Waals surface area (Å²) in [6, 6.07) is 12.9. The zero-order chi connectivity index (χ0) is 20.1. The van der Waals surface area contributed by atoms with Gasteiger partial charge in [0.05, 0.1) is 19.1 Å². The fourth-order valence-corrected chi connectivity index (χ4v) is 2.41. The molecule has 28 heavy (non-hydrogen) atoms. The Balaban J connectivity index is 1.88. The summed E-state index contributed by atoms with van der Waals surface area (Å²) in [6.45, 7) is 0. The number of carbonyl (C=O) groups excluding carboxylic acids is 1. The molecule has 0 fully saturated rings. The summed E-state index contributed by atoms with van der Waals surface area (Å²) in [5, 5.41) is 14.8. The Hall–Kier alpha value is -4.01. The van der Waals surface area contributed by atoms with Crippen LogP contribution < -0.4 is 9.47 Å². The van der Waals surface area contributed by atoms with Crippen molar-refractivity contribution < 1.29 is 19.2 Å². The van der Waals surface area contributed by atoms with E-state index in [-0.39, 0.29) is 11.7 Å². The molecule has 1 aromatic heterocycles. The van der Waals surface area contributed by atoms with Crippen molar-refractivity contribution >= 4 is 17.7 Å². The van der Waals surface area contributed by atoms with Gasteiger partial charge in [-0.2, -0.15) is 9.67 Å². The number of hydrogen-bond acceptors (Lipinski definition) is 7. The molecule has 3 aromatic rings. The van der Waals surface area contributed by atoms with Crippen molar-refractivity contribution in [2.45, 2.75) is 0 Å². The number of nitrogens with zero attached hydrogens (tertiary/aromatic N) is 4. The standard InChI is InChI=1S/C19H16N4O5/c1-27-16-10-6-14(7-11-16)18-20-19(28-2)21-22(18)17(24)12-5-13-3-8-15(9-4-13)23(25)26/h3-12H,1-2H3/b12-5+. The van der Waals surface area contributed by atoms with Crippen molar-refractivity contribution in [1.29, 1.82) is 0 Å². The fraction of sp³-hybridized carbons (Fsp3) is 0.105. The maximum absolute atomic E-state index is 12.6. The van der Waals surface area contributed by atoms with Gasteiger partial charge in [0.25, 0.3) is 11.6 Å². The van der Waals surface area contributed by atoms with Gasteiger partial charge in [0.2, 0.25) is 0 Å². The van der Waals surface area contributed by atoms with Crippen molar-refractivity contribution in [3.8, 4) is 23.1 Å². The molecule has 9 heteroatoms. The lowest BCUT2D eigenvalue weighted by Crippen LogP contribution is -2.11. The Morgan fingerprint density at radius 3 is 2.32 bits per heavy atom. The molecule has 9 nitrogen and oxygen atoms in total. The first-order chi connectivity index (χ1) is 13.5. The van der Waals surface area contributed by atoms with E-state index in [9.17, 15) is 14.9 Å². The number of benzene rings is 2. The minimum absolute atomic E-state index is 0.0220. The van der Waals surface area contributed by atoms with Crippen LogP contribution in [-0.2, 0) is 0 Å². The van der Waals surface area contributed by atoms with E-state index in [1.54, 1.807) is 43.5 Å². The van der Waals surface area contributed by atoms with Gasteiger partial charge in [0.1, 0.15) is 5.75 Å². The van der Waals surface area contributed by atoms with Crippen molar-refractivity contribution in [1.82, 2.24) is 14.8 Å². The summed E-state index contributed by atoms with van der Waals surface area (Å²) in [7, 11) is 2.97. The third kappa shape index (κ3) is 4.04. The van der Waals surface area contributed by atoms with Gasteiger partial charge < -0.3 is 9.47 Å². The highest BCUT2D eigenvalue weighted by molar-refractivity contribution is 5.95. The predicted octanol–water partition coefficient (Wildman–Crippen LogP) is 3.22. The summed E-state index contributed by atoms with van der Waals surface area (Å²) in [5.41, 5.74) is 1.27. The summed E-state index contributed by atoms with van der Waals surface area (Å²) >= 11 is 0. The van der Waals surface area contributed by atoms with E-state index in [1.807, 2.05) is 0 Å². The van der Waals surface area contributed by atoms with E-state index in [2.05, 4.69) is 10.1 Å². The van der Waals surface area contributed by atoms with Gasteiger partial charge in [-0.3, -0.25) is 14.9 Å². The predicted molar refractivity (Wildman–Crippen MR) is 101 cm³/mol. The summed E-state index contributed by atoms with van der Waals surface area (Å²) in [5.74, 6) is 0.545. The highest BCUT2D eigenvalue weighted by Gasteiger charge is 2.16. The molecular weight excluding hydrogens is 364 g/mol. The third-order valence-corrected chi connectivity index (χ3v) is 3.85. The molecule has 0 aliphatic heterocycles. The molecular formula is C19H16N4O5. The number of carbonyl (C=O) groups is 1. The lowest BCUT2D eigenvalue weighted by molar-refractivity contribution is -0.384. The zero-order valence-corrected chi connectivity index (χ0v) is 15.1. The van der Waals surface area contributed by atoms with Crippen LogP contribution in [0, 0.1) is 10.1 Å². The maximum atomic E-state index is 12.6. The van der Waals surface area contributed by atoms with Crippen molar-refractivity contribution in [2.75, 3.05) is 14.2 Å². The van der Waals surface area contributed by atoms with Crippen LogP contribution in [0.1, 0.15) is 10.4 Å². The van der Waals surface area contributed by atoms with Gasteiger partial charge in [-0.15, -0.1) is 5.10 Å². The van der Waals surface area contributed by atoms with Gasteiger partial charge in [0, 0.05) is 23.8 Å². The smallest absolute Gasteiger partial charge is 0.336 e. The lowest BCUT2D eigenvalue weighted by atomic mass is 10.2. The number of non-ortho nitro benzene ring substituents is 1. The maximum Gasteiger partial charge on any atom is 0.336 e. The first-order valence-electron chi connectivity index (χ1n) is 8.14. The first kappa shape index (κ1) is 18.8. The fourth-order valence-electron chi connectivity index (χ4n) is 2.41. The van der Waals surface area contributed by atoms with Crippen LogP contribution in [0.5, 0.6) is 11.8 Å². The van der Waals surface area contributed by atoms with Gasteiger partial charge in [-0.05, 0) is 48.0 Å². The van der Waals surface area contributed by atoms with Crippen molar-refractivity contribution in [3.05, 3.63) is 70.3 Å². The Morgan fingerprint density at radius 2 is 1.75 bits per heavy atom. The first-order valence-corrected chi connectivity index (χ1v) is 8.14. The van der Waals surface area contributed by atoms with Crippen LogP contribution in [0.15, 0.2) is 54.6 Å². The third-order valence-electron chi connectivity index (χ3n) is 3.85. The van der Waals surface area contributed by atoms with E-state index >= 15 is 0 Å². The molecule has 0 bridgehead atoms. The molecule has 1 heterocycles. The second kappa shape index (κ2) is 8.12. The summed E-state index contributed by atoms with van der Waals surface area (Å²) < 4.78 is 11.3. The Bertz CT molecular complexity index is 1020. The van der Waals surface area contributed by atoms with Crippen LogP contribution >= 0.6 is 0 Å². The van der Waals surface area contributed by atoms with Gasteiger partial charge >= 0.3 is 6.01 Å². The van der Waals surface area contributed by atoms with E-state index < -0.39 is 10.8 Å². The van der Waals surface area contributed by atoms with E-state index in [0.717, 1.165) is 4.68 Å². The van der Waals surface area contributed by atoms with Crippen LogP contribution in [0.25, 0.3) is 17.5 Å². The lowest BCUT2D eigenvalue weighted by Gasteiger charge is -2.03. The Morgan fingerprint density at radius 1 is 1.07 bits per heavy atom. The van der Waals surface area contributed by atoms with Crippen LogP contribution in [0.2, 0.25) is 0 Å². The molecule has 0 radical (unpaired) electrons. The minimum atomic E-state index is -0.485. The molecule has 0 atom stereocenters. The average Bonchev–Trinajstić information content (AvgIpc) is 3.17. The number of rotatable bonds is 6. The molecule has 0 amide bonds. The molecule has 0 spiro atoms.